The van der Waals surface area contributed by atoms with Crippen molar-refractivity contribution in [2.75, 3.05) is 38.7 Å². The van der Waals surface area contributed by atoms with Crippen LogP contribution in [0.1, 0.15) is 5.56 Å². The molecule has 3 heterocycles. The van der Waals surface area contributed by atoms with Gasteiger partial charge in [-0.05, 0) is 18.2 Å². The van der Waals surface area contributed by atoms with E-state index in [4.69, 9.17) is 31.1 Å². The first kappa shape index (κ1) is 18.7. The third kappa shape index (κ3) is 3.69. The molecule has 2 unspecified atom stereocenters. The van der Waals surface area contributed by atoms with Crippen LogP contribution in [0.3, 0.4) is 0 Å². The number of aromatic nitrogens is 2. The highest BCUT2D eigenvalue weighted by Gasteiger charge is 2.39. The molecular weight excluding hydrogens is 382 g/mol. The van der Waals surface area contributed by atoms with Crippen molar-refractivity contribution in [1.82, 2.24) is 15.3 Å². The van der Waals surface area contributed by atoms with E-state index in [0.29, 0.717) is 46.9 Å². The molecule has 2 aromatic rings. The van der Waals surface area contributed by atoms with Crippen molar-refractivity contribution in [3.8, 4) is 17.7 Å². The molecule has 2 atom stereocenters. The van der Waals surface area contributed by atoms with Crippen molar-refractivity contribution in [1.29, 1.82) is 5.26 Å². The summed E-state index contributed by atoms with van der Waals surface area (Å²) in [5.41, 5.74) is 1.09. The summed E-state index contributed by atoms with van der Waals surface area (Å²) < 4.78 is 17.5. The van der Waals surface area contributed by atoms with Crippen LogP contribution < -0.4 is 20.1 Å². The highest BCUT2D eigenvalue weighted by molar-refractivity contribution is 6.33. The minimum Gasteiger partial charge on any atom is -0.489 e. The van der Waals surface area contributed by atoms with Crippen molar-refractivity contribution < 1.29 is 14.2 Å². The smallest absolute Gasteiger partial charge is 0.262 e. The highest BCUT2D eigenvalue weighted by Crippen LogP contribution is 2.37. The zero-order valence-corrected chi connectivity index (χ0v) is 16.1. The van der Waals surface area contributed by atoms with Gasteiger partial charge in [0.2, 0.25) is 5.75 Å². The molecule has 2 bridgehead atoms. The van der Waals surface area contributed by atoms with Crippen LogP contribution in [0, 0.1) is 23.2 Å². The van der Waals surface area contributed by atoms with Gasteiger partial charge in [-0.15, -0.1) is 0 Å². The average molecular weight is 402 g/mol. The Bertz CT molecular complexity index is 882. The Kier molecular flexibility index (Phi) is 5.48. The number of rotatable bonds is 5. The van der Waals surface area contributed by atoms with E-state index in [1.807, 2.05) is 0 Å². The summed E-state index contributed by atoms with van der Waals surface area (Å²) in [4.78, 5) is 8.55. The van der Waals surface area contributed by atoms with Crippen molar-refractivity contribution >= 4 is 23.1 Å². The molecule has 1 aromatic heterocycles. The molecule has 0 saturated carbocycles. The maximum atomic E-state index is 8.99. The number of halogens is 1. The number of hydrogen-bond donors (Lipinski definition) is 2. The lowest BCUT2D eigenvalue weighted by molar-refractivity contribution is -0.0840. The fourth-order valence-corrected chi connectivity index (χ4v) is 3.83. The number of anilines is 2. The molecule has 2 aliphatic heterocycles. The van der Waals surface area contributed by atoms with E-state index >= 15 is 0 Å². The number of nitrogens with zero attached hydrogens (tertiary/aromatic N) is 3. The number of piperidine rings is 1. The van der Waals surface area contributed by atoms with Crippen molar-refractivity contribution in [2.24, 2.45) is 11.8 Å². The van der Waals surface area contributed by atoms with Gasteiger partial charge < -0.3 is 24.8 Å². The summed E-state index contributed by atoms with van der Waals surface area (Å²) in [5, 5.41) is 15.9. The maximum absolute atomic E-state index is 8.99. The maximum Gasteiger partial charge on any atom is 0.262 e. The minimum absolute atomic E-state index is 0.00477. The fraction of sp³-hybridized carbons (Fsp3) is 0.421. The summed E-state index contributed by atoms with van der Waals surface area (Å²) in [5.74, 6) is 1.75. The lowest BCUT2D eigenvalue weighted by Gasteiger charge is -2.42. The Labute approximate surface area is 167 Å². The largest absolute Gasteiger partial charge is 0.489 e. The van der Waals surface area contributed by atoms with Crippen molar-refractivity contribution in [3.63, 3.8) is 0 Å². The van der Waals surface area contributed by atoms with Gasteiger partial charge in [0.25, 0.3) is 5.88 Å². The zero-order chi connectivity index (χ0) is 19.5. The number of benzene rings is 1. The Morgan fingerprint density at radius 3 is 2.75 bits per heavy atom. The third-order valence-corrected chi connectivity index (χ3v) is 5.29. The molecule has 0 aliphatic carbocycles. The molecule has 0 amide bonds. The van der Waals surface area contributed by atoms with Crippen LogP contribution in [-0.2, 0) is 4.74 Å². The van der Waals surface area contributed by atoms with E-state index in [1.165, 1.54) is 6.33 Å². The van der Waals surface area contributed by atoms with Gasteiger partial charge in [-0.3, -0.25) is 0 Å². The molecule has 146 valence electrons. The molecule has 4 rings (SSSR count). The minimum atomic E-state index is 0.00477. The van der Waals surface area contributed by atoms with E-state index in [1.54, 1.807) is 25.3 Å². The molecular formula is C19H20ClN5O3. The summed E-state index contributed by atoms with van der Waals surface area (Å²) in [7, 11) is 1.55. The summed E-state index contributed by atoms with van der Waals surface area (Å²) in [6.45, 7) is 3.02. The Hall–Kier alpha value is -2.60. The first-order chi connectivity index (χ1) is 13.7. The third-order valence-electron chi connectivity index (χ3n) is 4.98. The molecule has 2 saturated heterocycles. The SMILES string of the molecule is COc1c(Nc2ccc(C#N)cc2Cl)ncnc1OC1C2CNCC1COC2. The standard InChI is InChI=1S/C19H20ClN5O3/c1-26-17-18(25-15-3-2-11(5-21)4-14(15)20)23-10-24-19(17)28-16-12-6-22-7-13(16)9-27-8-12/h2-4,10,12-13,16,22H,6-9H2,1H3,(H,23,24,25). The zero-order valence-electron chi connectivity index (χ0n) is 15.3. The molecule has 9 heteroatoms. The molecule has 1 aromatic carbocycles. The molecule has 0 spiro atoms. The van der Waals surface area contributed by atoms with E-state index in [9.17, 15) is 0 Å². The molecule has 2 aliphatic rings. The molecule has 28 heavy (non-hydrogen) atoms. The predicted octanol–water partition coefficient (Wildman–Crippen LogP) is 2.37. The van der Waals surface area contributed by atoms with Crippen molar-refractivity contribution in [2.45, 2.75) is 6.10 Å². The molecule has 0 radical (unpaired) electrons. The number of fused-ring (bicyclic) bond motifs is 2. The second-order valence-corrected chi connectivity index (χ2v) is 7.20. The molecule has 8 nitrogen and oxygen atoms in total. The van der Waals surface area contributed by atoms with Crippen LogP contribution >= 0.6 is 11.6 Å². The summed E-state index contributed by atoms with van der Waals surface area (Å²) in [6, 6.07) is 7.04. The predicted molar refractivity (Wildman–Crippen MR) is 103 cm³/mol. The molecule has 2 fully saturated rings. The van der Waals surface area contributed by atoms with E-state index < -0.39 is 0 Å². The van der Waals surface area contributed by atoms with Crippen LogP contribution in [0.25, 0.3) is 0 Å². The van der Waals surface area contributed by atoms with Gasteiger partial charge in [0.15, 0.2) is 5.82 Å². The van der Waals surface area contributed by atoms with Crippen LogP contribution in [-0.4, -0.2) is 49.5 Å². The van der Waals surface area contributed by atoms with Crippen LogP contribution in [0.5, 0.6) is 11.6 Å². The number of nitriles is 1. The Morgan fingerprint density at radius 1 is 1.29 bits per heavy atom. The van der Waals surface area contributed by atoms with E-state index in [0.717, 1.165) is 13.1 Å². The van der Waals surface area contributed by atoms with Crippen LogP contribution in [0.4, 0.5) is 11.5 Å². The Morgan fingerprint density at radius 2 is 2.07 bits per heavy atom. The van der Waals surface area contributed by atoms with Gasteiger partial charge in [0.05, 0.1) is 42.7 Å². The fourth-order valence-electron chi connectivity index (χ4n) is 3.60. The number of nitrogens with one attached hydrogen (secondary N) is 2. The number of hydrogen-bond acceptors (Lipinski definition) is 8. The van der Waals surface area contributed by atoms with Gasteiger partial charge in [0.1, 0.15) is 12.4 Å². The Balaban J connectivity index is 1.59. The average Bonchev–Trinajstić information content (AvgIpc) is 2.69. The van der Waals surface area contributed by atoms with Gasteiger partial charge in [0, 0.05) is 24.9 Å². The number of methoxy groups -OCH3 is 1. The van der Waals surface area contributed by atoms with Gasteiger partial charge >= 0.3 is 0 Å². The first-order valence-electron chi connectivity index (χ1n) is 9.00. The lowest BCUT2D eigenvalue weighted by atomic mass is 9.86. The normalized spacial score (nSPS) is 23.5. The summed E-state index contributed by atoms with van der Waals surface area (Å²) >= 11 is 6.26. The van der Waals surface area contributed by atoms with E-state index in [2.05, 4.69) is 26.7 Å². The molecule has 2 N–H and O–H groups in total. The van der Waals surface area contributed by atoms with Crippen LogP contribution in [0.2, 0.25) is 5.02 Å². The van der Waals surface area contributed by atoms with Crippen LogP contribution in [0.15, 0.2) is 24.5 Å². The summed E-state index contributed by atoms with van der Waals surface area (Å²) in [6.07, 6.45) is 1.43. The second kappa shape index (κ2) is 8.19. The van der Waals surface area contributed by atoms with Gasteiger partial charge in [-0.25, -0.2) is 4.98 Å². The highest BCUT2D eigenvalue weighted by atomic mass is 35.5. The lowest BCUT2D eigenvalue weighted by Crippen LogP contribution is -2.56. The second-order valence-electron chi connectivity index (χ2n) is 6.79. The quantitative estimate of drug-likeness (QED) is 0.787. The first-order valence-corrected chi connectivity index (χ1v) is 9.38. The van der Waals surface area contributed by atoms with Gasteiger partial charge in [-0.1, -0.05) is 11.6 Å². The monoisotopic (exact) mass is 401 g/mol. The topological polar surface area (TPSA) is 101 Å². The van der Waals surface area contributed by atoms with Crippen molar-refractivity contribution in [3.05, 3.63) is 35.1 Å². The van der Waals surface area contributed by atoms with Gasteiger partial charge in [-0.2, -0.15) is 10.2 Å². The number of ether oxygens (including phenoxy) is 3. The van der Waals surface area contributed by atoms with E-state index in [-0.39, 0.29) is 17.9 Å².